The van der Waals surface area contributed by atoms with Crippen LogP contribution < -0.4 is 5.32 Å². The zero-order chi connectivity index (χ0) is 15.1. The number of benzene rings is 1. The number of carbonyl (C=O) groups is 2. The fourth-order valence-corrected chi connectivity index (χ4v) is 1.62. The molecule has 0 saturated carbocycles. The van der Waals surface area contributed by atoms with Gasteiger partial charge >= 0.3 is 12.1 Å². The Morgan fingerprint density at radius 2 is 2.10 bits per heavy atom. The highest BCUT2D eigenvalue weighted by molar-refractivity contribution is 5.99. The van der Waals surface area contributed by atoms with Crippen LogP contribution in [0.1, 0.15) is 17.3 Å². The number of amides is 1. The highest BCUT2D eigenvalue weighted by Gasteiger charge is 2.14. The van der Waals surface area contributed by atoms with Gasteiger partial charge in [-0.2, -0.15) is 0 Å². The van der Waals surface area contributed by atoms with Crippen molar-refractivity contribution in [2.45, 2.75) is 13.7 Å². The van der Waals surface area contributed by atoms with Gasteiger partial charge in [0.2, 0.25) is 0 Å². The molecule has 0 unspecified atom stereocenters. The molecule has 0 saturated heterocycles. The number of esters is 1. The highest BCUT2D eigenvalue weighted by atomic mass is 16.6. The van der Waals surface area contributed by atoms with Gasteiger partial charge in [-0.1, -0.05) is 12.1 Å². The standard InChI is InChI=1S/C14H15N3O4/c1-2-20-13(18)11-5-3-4-6-12(11)16-14(19)21-10-17-8-7-15-9-17/h3-9H,2,10H2,1H3,(H,16,19). The minimum Gasteiger partial charge on any atom is -0.462 e. The first-order valence-corrected chi connectivity index (χ1v) is 6.36. The third kappa shape index (κ3) is 4.07. The summed E-state index contributed by atoms with van der Waals surface area (Å²) in [4.78, 5) is 27.3. The highest BCUT2D eigenvalue weighted by Crippen LogP contribution is 2.16. The van der Waals surface area contributed by atoms with Crippen LogP contribution in [0.4, 0.5) is 10.5 Å². The van der Waals surface area contributed by atoms with Crippen molar-refractivity contribution in [3.63, 3.8) is 0 Å². The van der Waals surface area contributed by atoms with E-state index in [1.807, 2.05) is 0 Å². The summed E-state index contributed by atoms with van der Waals surface area (Å²) in [6, 6.07) is 6.57. The van der Waals surface area contributed by atoms with Crippen LogP contribution in [-0.4, -0.2) is 28.2 Å². The quantitative estimate of drug-likeness (QED) is 0.854. The first kappa shape index (κ1) is 14.6. The van der Waals surface area contributed by atoms with E-state index in [0.29, 0.717) is 5.69 Å². The van der Waals surface area contributed by atoms with Crippen LogP contribution in [0, 0.1) is 0 Å². The molecular formula is C14H15N3O4. The van der Waals surface area contributed by atoms with E-state index in [0.717, 1.165) is 0 Å². The lowest BCUT2D eigenvalue weighted by molar-refractivity contribution is 0.0527. The maximum atomic E-state index is 11.8. The summed E-state index contributed by atoms with van der Waals surface area (Å²) in [6.07, 6.45) is 4.11. The van der Waals surface area contributed by atoms with Crippen molar-refractivity contribution in [2.24, 2.45) is 0 Å². The molecule has 1 N–H and O–H groups in total. The van der Waals surface area contributed by atoms with E-state index in [1.165, 1.54) is 6.33 Å². The first-order valence-electron chi connectivity index (χ1n) is 6.36. The van der Waals surface area contributed by atoms with Gasteiger partial charge in [-0.15, -0.1) is 0 Å². The van der Waals surface area contributed by atoms with Crippen LogP contribution in [0.25, 0.3) is 0 Å². The van der Waals surface area contributed by atoms with Crippen LogP contribution in [-0.2, 0) is 16.2 Å². The largest absolute Gasteiger partial charge is 0.462 e. The number of hydrogen-bond acceptors (Lipinski definition) is 5. The molecule has 1 heterocycles. The molecule has 1 aromatic heterocycles. The third-order valence-electron chi connectivity index (χ3n) is 2.56. The number of rotatable bonds is 5. The molecular weight excluding hydrogens is 274 g/mol. The molecule has 0 radical (unpaired) electrons. The number of anilines is 1. The van der Waals surface area contributed by atoms with E-state index in [-0.39, 0.29) is 18.9 Å². The summed E-state index contributed by atoms with van der Waals surface area (Å²) in [6.45, 7) is 2.01. The third-order valence-corrected chi connectivity index (χ3v) is 2.56. The van der Waals surface area contributed by atoms with Crippen molar-refractivity contribution < 1.29 is 19.1 Å². The van der Waals surface area contributed by atoms with Crippen molar-refractivity contribution in [3.05, 3.63) is 48.5 Å². The van der Waals surface area contributed by atoms with Gasteiger partial charge in [0.1, 0.15) is 0 Å². The molecule has 7 heteroatoms. The molecule has 2 aromatic rings. The average Bonchev–Trinajstić information content (AvgIpc) is 2.99. The van der Waals surface area contributed by atoms with E-state index in [4.69, 9.17) is 9.47 Å². The summed E-state index contributed by atoms with van der Waals surface area (Å²) in [5, 5.41) is 2.52. The summed E-state index contributed by atoms with van der Waals surface area (Å²) >= 11 is 0. The number of carbonyl (C=O) groups excluding carboxylic acids is 2. The SMILES string of the molecule is CCOC(=O)c1ccccc1NC(=O)OCn1ccnc1. The minimum atomic E-state index is -0.666. The minimum absolute atomic E-state index is 0.0351. The zero-order valence-electron chi connectivity index (χ0n) is 11.5. The van der Waals surface area contributed by atoms with Crippen LogP contribution in [0.2, 0.25) is 0 Å². The molecule has 0 aliphatic heterocycles. The Bertz CT molecular complexity index is 610. The van der Waals surface area contributed by atoms with Gasteiger partial charge in [-0.3, -0.25) is 5.32 Å². The number of nitrogens with one attached hydrogen (secondary N) is 1. The van der Waals surface area contributed by atoms with Crippen LogP contribution in [0.5, 0.6) is 0 Å². The Labute approximate surface area is 121 Å². The molecule has 0 aliphatic carbocycles. The van der Waals surface area contributed by atoms with Gasteiger partial charge in [-0.05, 0) is 19.1 Å². The fraction of sp³-hybridized carbons (Fsp3) is 0.214. The Balaban J connectivity index is 1.98. The topological polar surface area (TPSA) is 82.5 Å². The van der Waals surface area contributed by atoms with Gasteiger partial charge < -0.3 is 14.0 Å². The summed E-state index contributed by atoms with van der Waals surface area (Å²) in [5.74, 6) is -0.497. The molecule has 2 rings (SSSR count). The molecule has 1 aromatic carbocycles. The lowest BCUT2D eigenvalue weighted by Gasteiger charge is -2.10. The molecule has 0 fully saturated rings. The molecule has 0 spiro atoms. The second kappa shape index (κ2) is 7.09. The van der Waals surface area contributed by atoms with Crippen molar-refractivity contribution in [1.82, 2.24) is 9.55 Å². The zero-order valence-corrected chi connectivity index (χ0v) is 11.5. The Hall–Kier alpha value is -2.83. The van der Waals surface area contributed by atoms with Gasteiger partial charge in [-0.25, -0.2) is 14.6 Å². The van der Waals surface area contributed by atoms with Crippen molar-refractivity contribution in [3.8, 4) is 0 Å². The normalized spacial score (nSPS) is 9.95. The number of ether oxygens (including phenoxy) is 2. The number of para-hydroxylation sites is 1. The van der Waals surface area contributed by atoms with Crippen molar-refractivity contribution in [1.29, 1.82) is 0 Å². The van der Waals surface area contributed by atoms with E-state index in [1.54, 1.807) is 48.1 Å². The van der Waals surface area contributed by atoms with Crippen LogP contribution >= 0.6 is 0 Å². The molecule has 0 aliphatic rings. The monoisotopic (exact) mass is 289 g/mol. The number of imidazole rings is 1. The molecule has 7 nitrogen and oxygen atoms in total. The fourth-order valence-electron chi connectivity index (χ4n) is 1.62. The van der Waals surface area contributed by atoms with E-state index in [2.05, 4.69) is 10.3 Å². The molecule has 110 valence electrons. The number of aromatic nitrogens is 2. The van der Waals surface area contributed by atoms with E-state index >= 15 is 0 Å². The second-order valence-electron chi connectivity index (χ2n) is 4.03. The maximum Gasteiger partial charge on any atom is 0.413 e. The second-order valence-corrected chi connectivity index (χ2v) is 4.03. The van der Waals surface area contributed by atoms with E-state index in [9.17, 15) is 9.59 Å². The predicted octanol–water partition coefficient (Wildman–Crippen LogP) is 2.27. The Kier molecular flexibility index (Phi) is 4.92. The summed E-state index contributed by atoms with van der Waals surface area (Å²) in [7, 11) is 0. The average molecular weight is 289 g/mol. The molecule has 0 bridgehead atoms. The first-order chi connectivity index (χ1) is 10.2. The van der Waals surface area contributed by atoms with Crippen molar-refractivity contribution in [2.75, 3.05) is 11.9 Å². The Morgan fingerprint density at radius 3 is 2.81 bits per heavy atom. The maximum absolute atomic E-state index is 11.8. The van der Waals surface area contributed by atoms with E-state index < -0.39 is 12.1 Å². The summed E-state index contributed by atoms with van der Waals surface area (Å²) < 4.78 is 11.5. The van der Waals surface area contributed by atoms with Crippen LogP contribution in [0.3, 0.4) is 0 Å². The van der Waals surface area contributed by atoms with Gasteiger partial charge in [0.25, 0.3) is 0 Å². The van der Waals surface area contributed by atoms with Crippen molar-refractivity contribution >= 4 is 17.7 Å². The molecule has 21 heavy (non-hydrogen) atoms. The number of hydrogen-bond donors (Lipinski definition) is 1. The Morgan fingerprint density at radius 1 is 1.29 bits per heavy atom. The van der Waals surface area contributed by atoms with Crippen LogP contribution in [0.15, 0.2) is 43.0 Å². The smallest absolute Gasteiger partial charge is 0.413 e. The number of nitrogens with zero attached hydrogens (tertiary/aromatic N) is 2. The lowest BCUT2D eigenvalue weighted by atomic mass is 10.2. The molecule has 0 atom stereocenters. The van der Waals surface area contributed by atoms with Gasteiger partial charge in [0, 0.05) is 12.4 Å². The van der Waals surface area contributed by atoms with Gasteiger partial charge in [0.15, 0.2) is 6.73 Å². The summed E-state index contributed by atoms with van der Waals surface area (Å²) in [5.41, 5.74) is 0.616. The predicted molar refractivity (Wildman–Crippen MR) is 74.7 cm³/mol. The lowest BCUT2D eigenvalue weighted by Crippen LogP contribution is -2.18. The van der Waals surface area contributed by atoms with Gasteiger partial charge in [0.05, 0.1) is 24.2 Å². The molecule has 1 amide bonds.